The molecule has 2 nitrogen and oxygen atoms in total. The molecule has 0 heterocycles. The molecule has 0 radical (unpaired) electrons. The molecule has 0 aromatic carbocycles. The Labute approximate surface area is 83.3 Å². The van der Waals surface area contributed by atoms with E-state index in [4.69, 9.17) is 5.73 Å². The van der Waals surface area contributed by atoms with Crippen molar-refractivity contribution in [3.05, 3.63) is 0 Å². The van der Waals surface area contributed by atoms with E-state index in [-0.39, 0.29) is 0 Å². The van der Waals surface area contributed by atoms with Crippen molar-refractivity contribution >= 4 is 0 Å². The van der Waals surface area contributed by atoms with Crippen molar-refractivity contribution in [1.29, 1.82) is 0 Å². The highest BCUT2D eigenvalue weighted by Crippen LogP contribution is 2.26. The van der Waals surface area contributed by atoms with Crippen LogP contribution in [0, 0.1) is 0 Å². The van der Waals surface area contributed by atoms with Crippen LogP contribution in [-0.4, -0.2) is 36.2 Å². The Morgan fingerprint density at radius 1 is 1.29 bits per heavy atom. The first-order valence-electron chi connectivity index (χ1n) is 4.90. The summed E-state index contributed by atoms with van der Waals surface area (Å²) in [5.74, 6) is 0. The Morgan fingerprint density at radius 3 is 2.00 bits per heavy atom. The number of alkyl halides is 3. The summed E-state index contributed by atoms with van der Waals surface area (Å²) in [5, 5.41) is 0. The quantitative estimate of drug-likeness (QED) is 0.755. The minimum atomic E-state index is -4.24. The molecular weight excluding hydrogens is 193 g/mol. The third kappa shape index (κ3) is 3.84. The van der Waals surface area contributed by atoms with E-state index in [1.165, 1.54) is 11.8 Å². The SMILES string of the molecule is CCCN(CC)C(C(C)N)C(F)(F)F. The van der Waals surface area contributed by atoms with Gasteiger partial charge in [-0.2, -0.15) is 13.2 Å². The van der Waals surface area contributed by atoms with Crippen molar-refractivity contribution in [1.82, 2.24) is 4.90 Å². The van der Waals surface area contributed by atoms with E-state index in [2.05, 4.69) is 0 Å². The van der Waals surface area contributed by atoms with Gasteiger partial charge in [0.2, 0.25) is 0 Å². The molecule has 0 saturated heterocycles. The smallest absolute Gasteiger partial charge is 0.326 e. The molecular formula is C9H19F3N2. The maximum Gasteiger partial charge on any atom is 0.405 e. The van der Waals surface area contributed by atoms with Crippen LogP contribution in [0.1, 0.15) is 27.2 Å². The van der Waals surface area contributed by atoms with Crippen molar-refractivity contribution in [2.24, 2.45) is 5.73 Å². The Bertz CT molecular complexity index is 157. The fraction of sp³-hybridized carbons (Fsp3) is 1.00. The molecule has 0 spiro atoms. The van der Waals surface area contributed by atoms with Crippen molar-refractivity contribution in [3.8, 4) is 0 Å². The first-order valence-corrected chi connectivity index (χ1v) is 4.90. The molecule has 2 unspecified atom stereocenters. The molecule has 2 N–H and O–H groups in total. The summed E-state index contributed by atoms with van der Waals surface area (Å²) in [6, 6.07) is -2.41. The molecule has 0 aliphatic rings. The standard InChI is InChI=1S/C9H19F3N2/c1-4-6-14(5-2)8(7(3)13)9(10,11)12/h7-8H,4-6,13H2,1-3H3. The van der Waals surface area contributed by atoms with Gasteiger partial charge in [0.15, 0.2) is 0 Å². The Morgan fingerprint density at radius 2 is 1.79 bits per heavy atom. The Balaban J connectivity index is 4.61. The molecule has 0 aliphatic carbocycles. The first kappa shape index (κ1) is 13.7. The largest absolute Gasteiger partial charge is 0.405 e. The van der Waals surface area contributed by atoms with Gasteiger partial charge in [0.1, 0.15) is 6.04 Å². The van der Waals surface area contributed by atoms with Crippen LogP contribution in [0.3, 0.4) is 0 Å². The van der Waals surface area contributed by atoms with Crippen LogP contribution in [-0.2, 0) is 0 Å². The molecule has 0 rings (SSSR count). The third-order valence-electron chi connectivity index (χ3n) is 2.14. The molecule has 0 aromatic rings. The molecule has 0 amide bonds. The summed E-state index contributed by atoms with van der Waals surface area (Å²) in [7, 11) is 0. The summed E-state index contributed by atoms with van der Waals surface area (Å²) in [6.07, 6.45) is -3.54. The zero-order chi connectivity index (χ0) is 11.4. The minimum Gasteiger partial charge on any atom is -0.326 e. The molecule has 0 aliphatic heterocycles. The predicted molar refractivity (Wildman–Crippen MR) is 51.0 cm³/mol. The van der Waals surface area contributed by atoms with E-state index in [0.29, 0.717) is 19.5 Å². The zero-order valence-electron chi connectivity index (χ0n) is 8.93. The molecule has 0 aromatic heterocycles. The second-order valence-corrected chi connectivity index (χ2v) is 3.47. The van der Waals surface area contributed by atoms with Crippen LogP contribution < -0.4 is 5.73 Å². The van der Waals surface area contributed by atoms with Crippen LogP contribution in [0.5, 0.6) is 0 Å². The number of likely N-dealkylation sites (N-methyl/N-ethyl adjacent to an activating group) is 1. The maximum atomic E-state index is 12.6. The van der Waals surface area contributed by atoms with E-state index in [1.54, 1.807) is 6.92 Å². The molecule has 0 saturated carbocycles. The third-order valence-corrected chi connectivity index (χ3v) is 2.14. The second-order valence-electron chi connectivity index (χ2n) is 3.47. The lowest BCUT2D eigenvalue weighted by Gasteiger charge is -2.34. The van der Waals surface area contributed by atoms with Gasteiger partial charge in [0.25, 0.3) is 0 Å². The summed E-state index contributed by atoms with van der Waals surface area (Å²) in [4.78, 5) is 1.38. The average molecular weight is 212 g/mol. The van der Waals surface area contributed by atoms with Gasteiger partial charge < -0.3 is 5.73 Å². The number of nitrogens with zero attached hydrogens (tertiary/aromatic N) is 1. The molecule has 14 heavy (non-hydrogen) atoms. The second kappa shape index (κ2) is 5.56. The van der Waals surface area contributed by atoms with Crippen LogP contribution in [0.4, 0.5) is 13.2 Å². The number of hydrogen-bond donors (Lipinski definition) is 1. The van der Waals surface area contributed by atoms with Crippen LogP contribution in [0.2, 0.25) is 0 Å². The summed E-state index contributed by atoms with van der Waals surface area (Å²) < 4.78 is 37.8. The van der Waals surface area contributed by atoms with Gasteiger partial charge in [-0.25, -0.2) is 0 Å². The number of halogens is 3. The fourth-order valence-corrected chi connectivity index (χ4v) is 1.62. The van der Waals surface area contributed by atoms with E-state index in [1.807, 2.05) is 6.92 Å². The monoisotopic (exact) mass is 212 g/mol. The summed E-state index contributed by atoms with van der Waals surface area (Å²) in [5.41, 5.74) is 5.37. The lowest BCUT2D eigenvalue weighted by Crippen LogP contribution is -2.55. The van der Waals surface area contributed by atoms with Gasteiger partial charge in [0.05, 0.1) is 0 Å². The highest BCUT2D eigenvalue weighted by atomic mass is 19.4. The Hall–Kier alpha value is -0.290. The molecule has 5 heteroatoms. The maximum absolute atomic E-state index is 12.6. The minimum absolute atomic E-state index is 0.375. The molecule has 0 fully saturated rings. The number of hydrogen-bond acceptors (Lipinski definition) is 2. The molecule has 86 valence electrons. The zero-order valence-corrected chi connectivity index (χ0v) is 8.93. The van der Waals surface area contributed by atoms with Gasteiger partial charge in [0, 0.05) is 6.04 Å². The van der Waals surface area contributed by atoms with Gasteiger partial charge in [-0.15, -0.1) is 0 Å². The normalized spacial score (nSPS) is 17.1. The first-order chi connectivity index (χ1) is 6.34. The van der Waals surface area contributed by atoms with Gasteiger partial charge in [-0.3, -0.25) is 4.90 Å². The lowest BCUT2D eigenvalue weighted by molar-refractivity contribution is -0.187. The van der Waals surface area contributed by atoms with E-state index >= 15 is 0 Å². The van der Waals surface area contributed by atoms with Crippen molar-refractivity contribution in [2.45, 2.75) is 45.5 Å². The molecule has 2 atom stereocenters. The van der Waals surface area contributed by atoms with Crippen LogP contribution >= 0.6 is 0 Å². The predicted octanol–water partition coefficient (Wildman–Crippen LogP) is 2.00. The van der Waals surface area contributed by atoms with Crippen molar-refractivity contribution in [2.75, 3.05) is 13.1 Å². The van der Waals surface area contributed by atoms with E-state index in [9.17, 15) is 13.2 Å². The number of rotatable bonds is 5. The van der Waals surface area contributed by atoms with Gasteiger partial charge >= 0.3 is 6.18 Å². The lowest BCUT2D eigenvalue weighted by atomic mass is 10.1. The molecule has 0 bridgehead atoms. The van der Waals surface area contributed by atoms with Crippen molar-refractivity contribution < 1.29 is 13.2 Å². The highest BCUT2D eigenvalue weighted by molar-refractivity contribution is 4.85. The average Bonchev–Trinajstić information content (AvgIpc) is 2.00. The highest BCUT2D eigenvalue weighted by Gasteiger charge is 2.44. The van der Waals surface area contributed by atoms with E-state index < -0.39 is 18.3 Å². The van der Waals surface area contributed by atoms with Crippen molar-refractivity contribution in [3.63, 3.8) is 0 Å². The van der Waals surface area contributed by atoms with Gasteiger partial charge in [-0.1, -0.05) is 13.8 Å². The summed E-state index contributed by atoms with van der Waals surface area (Å²) in [6.45, 7) is 5.78. The number of nitrogens with two attached hydrogens (primary N) is 1. The summed E-state index contributed by atoms with van der Waals surface area (Å²) >= 11 is 0. The topological polar surface area (TPSA) is 29.3 Å². The Kier molecular flexibility index (Phi) is 5.44. The van der Waals surface area contributed by atoms with Gasteiger partial charge in [-0.05, 0) is 26.4 Å². The van der Waals surface area contributed by atoms with Crippen LogP contribution in [0.25, 0.3) is 0 Å². The van der Waals surface area contributed by atoms with E-state index in [0.717, 1.165) is 0 Å². The van der Waals surface area contributed by atoms with Crippen LogP contribution in [0.15, 0.2) is 0 Å². The fourth-order valence-electron chi connectivity index (χ4n) is 1.62.